The minimum absolute atomic E-state index is 0.00607. The molecule has 5 rings (SSSR count). The largest absolute Gasteiger partial charge is 0.495 e. The highest BCUT2D eigenvalue weighted by atomic mass is 32.2. The average Bonchev–Trinajstić information content (AvgIpc) is 3.49. The maximum Gasteiger partial charge on any atom is 0.262 e. The second-order valence-electron chi connectivity index (χ2n) is 9.18. The van der Waals surface area contributed by atoms with Crippen molar-refractivity contribution in [2.45, 2.75) is 38.0 Å². The van der Waals surface area contributed by atoms with Gasteiger partial charge in [-0.3, -0.25) is 9.59 Å². The number of hydrogen-bond donors (Lipinski definition) is 1. The van der Waals surface area contributed by atoms with Gasteiger partial charge in [0.25, 0.3) is 5.91 Å². The Morgan fingerprint density at radius 3 is 2.41 bits per heavy atom. The molecule has 2 amide bonds. The quantitative estimate of drug-likeness (QED) is 0.472. The van der Waals surface area contributed by atoms with Crippen LogP contribution in [0, 0.1) is 13.8 Å². The number of thioether (sulfide) groups is 1. The summed E-state index contributed by atoms with van der Waals surface area (Å²) >= 11 is 1.29. The van der Waals surface area contributed by atoms with Crippen molar-refractivity contribution >= 4 is 40.1 Å². The molecule has 0 aromatic heterocycles. The minimum atomic E-state index is -0.609. The lowest BCUT2D eigenvalue weighted by Crippen LogP contribution is -2.25. The molecule has 7 nitrogen and oxygen atoms in total. The number of aliphatic imine (C=N–C) groups is 1. The third kappa shape index (κ3) is 5.44. The topological polar surface area (TPSA) is 83.4 Å². The highest BCUT2D eigenvalue weighted by Gasteiger charge is 2.39. The van der Waals surface area contributed by atoms with Crippen LogP contribution in [-0.2, 0) is 9.59 Å². The Bertz CT molecular complexity index is 1380. The van der Waals surface area contributed by atoms with Crippen molar-refractivity contribution in [1.29, 1.82) is 0 Å². The molecular formula is C29H28N4O3S. The Morgan fingerprint density at radius 1 is 1.03 bits per heavy atom. The molecule has 8 heteroatoms. The van der Waals surface area contributed by atoms with E-state index in [1.165, 1.54) is 22.9 Å². The fraction of sp³-hybridized carbons (Fsp3) is 0.241. The van der Waals surface area contributed by atoms with Gasteiger partial charge in [-0.15, -0.1) is 0 Å². The van der Waals surface area contributed by atoms with Crippen LogP contribution in [0.15, 0.2) is 82.9 Å². The summed E-state index contributed by atoms with van der Waals surface area (Å²) < 4.78 is 5.31. The van der Waals surface area contributed by atoms with Crippen LogP contribution in [0.1, 0.15) is 41.1 Å². The fourth-order valence-corrected chi connectivity index (χ4v) is 5.44. The third-order valence-corrected chi connectivity index (χ3v) is 7.58. The number of rotatable bonds is 6. The number of para-hydroxylation sites is 2. The molecule has 3 aromatic rings. The number of nitrogens with zero attached hydrogens (tertiary/aromatic N) is 3. The number of ether oxygens (including phenoxy) is 1. The van der Waals surface area contributed by atoms with E-state index in [2.05, 4.69) is 72.7 Å². The molecule has 3 aromatic carbocycles. The zero-order valence-electron chi connectivity index (χ0n) is 21.0. The van der Waals surface area contributed by atoms with E-state index in [4.69, 9.17) is 9.84 Å². The normalized spacial score (nSPS) is 19.0. The molecule has 0 unspecified atom stereocenters. The predicted octanol–water partition coefficient (Wildman–Crippen LogP) is 5.49. The van der Waals surface area contributed by atoms with Crippen molar-refractivity contribution < 1.29 is 14.3 Å². The SMILES string of the molecule is COc1ccccc1NC(=O)C[C@@H]1SC(N2N=C(c3ccc(C)cc3)C[C@@H]2c2ccc(C)cc2)=NC1=O. The highest BCUT2D eigenvalue weighted by Crippen LogP contribution is 2.39. The zero-order chi connectivity index (χ0) is 25.9. The van der Waals surface area contributed by atoms with Gasteiger partial charge in [0.1, 0.15) is 11.0 Å². The summed E-state index contributed by atoms with van der Waals surface area (Å²) in [6, 6.07) is 23.7. The average molecular weight is 513 g/mol. The van der Waals surface area contributed by atoms with Gasteiger partial charge < -0.3 is 10.1 Å². The number of anilines is 1. The number of amidine groups is 1. The number of aryl methyl sites for hydroxylation is 2. The maximum absolute atomic E-state index is 12.8. The van der Waals surface area contributed by atoms with Gasteiger partial charge in [0.2, 0.25) is 5.91 Å². The molecule has 2 atom stereocenters. The third-order valence-electron chi connectivity index (χ3n) is 6.43. The van der Waals surface area contributed by atoms with E-state index in [-0.39, 0.29) is 24.3 Å². The maximum atomic E-state index is 12.8. The smallest absolute Gasteiger partial charge is 0.262 e. The number of hydrazone groups is 1. The monoisotopic (exact) mass is 512 g/mol. The molecule has 0 saturated heterocycles. The van der Waals surface area contributed by atoms with Crippen LogP contribution in [0.5, 0.6) is 5.75 Å². The van der Waals surface area contributed by atoms with E-state index in [1.54, 1.807) is 19.2 Å². The van der Waals surface area contributed by atoms with Gasteiger partial charge >= 0.3 is 0 Å². The lowest BCUT2D eigenvalue weighted by molar-refractivity contribution is -0.121. The first-order valence-electron chi connectivity index (χ1n) is 12.1. The van der Waals surface area contributed by atoms with Crippen LogP contribution >= 0.6 is 11.8 Å². The van der Waals surface area contributed by atoms with Gasteiger partial charge in [-0.25, -0.2) is 5.01 Å². The first-order chi connectivity index (χ1) is 17.9. The van der Waals surface area contributed by atoms with E-state index in [1.807, 2.05) is 17.1 Å². The Morgan fingerprint density at radius 2 is 1.70 bits per heavy atom. The second kappa shape index (κ2) is 10.6. The van der Waals surface area contributed by atoms with Gasteiger partial charge in [-0.05, 0) is 37.1 Å². The standard InChI is InChI=1S/C29H28N4O3S/c1-18-8-12-20(13-9-18)23-16-24(21-14-10-19(2)11-15-21)33(32-23)29-31-28(35)26(37-29)17-27(34)30-22-6-4-5-7-25(22)36-3/h4-15,24,26H,16-17H2,1-3H3,(H,30,34)/t24-,26+/m1/s1. The summed E-state index contributed by atoms with van der Waals surface area (Å²) in [6.45, 7) is 4.11. The summed E-state index contributed by atoms with van der Waals surface area (Å²) in [5, 5.41) is 9.52. The van der Waals surface area contributed by atoms with Crippen molar-refractivity contribution in [3.8, 4) is 5.75 Å². The molecule has 0 bridgehead atoms. The number of carbonyl (C=O) groups excluding carboxylic acids is 2. The molecule has 0 saturated carbocycles. The molecule has 2 aliphatic heterocycles. The minimum Gasteiger partial charge on any atom is -0.495 e. The van der Waals surface area contributed by atoms with E-state index in [9.17, 15) is 9.59 Å². The molecule has 37 heavy (non-hydrogen) atoms. The van der Waals surface area contributed by atoms with Crippen LogP contribution in [0.2, 0.25) is 0 Å². The number of hydrogen-bond acceptors (Lipinski definition) is 6. The lowest BCUT2D eigenvalue weighted by Gasteiger charge is -2.23. The van der Waals surface area contributed by atoms with E-state index in [0.717, 1.165) is 16.8 Å². The van der Waals surface area contributed by atoms with Gasteiger partial charge in [0, 0.05) is 12.8 Å². The van der Waals surface area contributed by atoms with E-state index < -0.39 is 5.25 Å². The Hall–Kier alpha value is -3.91. The molecule has 0 radical (unpaired) electrons. The van der Waals surface area contributed by atoms with Crippen LogP contribution in [0.4, 0.5) is 5.69 Å². The zero-order valence-corrected chi connectivity index (χ0v) is 21.8. The van der Waals surface area contributed by atoms with Crippen molar-refractivity contribution in [1.82, 2.24) is 5.01 Å². The lowest BCUT2D eigenvalue weighted by atomic mass is 9.97. The van der Waals surface area contributed by atoms with Gasteiger partial charge in [0.15, 0.2) is 5.17 Å². The van der Waals surface area contributed by atoms with Gasteiger partial charge in [-0.2, -0.15) is 10.1 Å². The summed E-state index contributed by atoms with van der Waals surface area (Å²) in [5.74, 6) is -0.0295. The number of amides is 2. The van der Waals surface area contributed by atoms with E-state index in [0.29, 0.717) is 23.0 Å². The predicted molar refractivity (Wildman–Crippen MR) is 148 cm³/mol. The van der Waals surface area contributed by atoms with Crippen molar-refractivity contribution in [2.24, 2.45) is 10.1 Å². The molecule has 2 heterocycles. The summed E-state index contributed by atoms with van der Waals surface area (Å²) in [7, 11) is 1.55. The second-order valence-corrected chi connectivity index (χ2v) is 10.3. The Labute approximate surface area is 220 Å². The first-order valence-corrected chi connectivity index (χ1v) is 13.0. The first kappa shape index (κ1) is 24.8. The molecular weight excluding hydrogens is 484 g/mol. The number of methoxy groups -OCH3 is 1. The molecule has 188 valence electrons. The Balaban J connectivity index is 1.35. The number of benzene rings is 3. The molecule has 0 spiro atoms. The summed E-state index contributed by atoms with van der Waals surface area (Å²) in [4.78, 5) is 29.9. The van der Waals surface area contributed by atoms with Gasteiger partial charge in [0.05, 0.1) is 24.6 Å². The van der Waals surface area contributed by atoms with Crippen molar-refractivity contribution in [3.05, 3.63) is 95.1 Å². The summed E-state index contributed by atoms with van der Waals surface area (Å²) in [6.07, 6.45) is 0.699. The fourth-order valence-electron chi connectivity index (χ4n) is 4.38. The van der Waals surface area contributed by atoms with Crippen molar-refractivity contribution in [3.63, 3.8) is 0 Å². The molecule has 0 aliphatic carbocycles. The van der Waals surface area contributed by atoms with Crippen LogP contribution in [0.3, 0.4) is 0 Å². The number of carbonyl (C=O) groups is 2. The number of nitrogens with one attached hydrogen (secondary N) is 1. The highest BCUT2D eigenvalue weighted by molar-refractivity contribution is 8.15. The van der Waals surface area contributed by atoms with Crippen LogP contribution in [-0.4, -0.2) is 40.1 Å². The van der Waals surface area contributed by atoms with Crippen LogP contribution < -0.4 is 10.1 Å². The Kier molecular flexibility index (Phi) is 7.10. The van der Waals surface area contributed by atoms with Gasteiger partial charge in [-0.1, -0.05) is 83.6 Å². The van der Waals surface area contributed by atoms with E-state index >= 15 is 0 Å². The van der Waals surface area contributed by atoms with Crippen LogP contribution in [0.25, 0.3) is 0 Å². The summed E-state index contributed by atoms with van der Waals surface area (Å²) in [5.41, 5.74) is 6.02. The molecule has 2 aliphatic rings. The molecule has 1 N–H and O–H groups in total. The van der Waals surface area contributed by atoms with Crippen molar-refractivity contribution in [2.75, 3.05) is 12.4 Å². The molecule has 0 fully saturated rings.